The molecule has 0 radical (unpaired) electrons. The predicted octanol–water partition coefficient (Wildman–Crippen LogP) is 3.39. The number of carbonyl (C=O) groups excluding carboxylic acids is 2. The second-order valence-corrected chi connectivity index (χ2v) is 8.42. The van der Waals surface area contributed by atoms with Crippen molar-refractivity contribution in [1.82, 2.24) is 9.80 Å². The van der Waals surface area contributed by atoms with Gasteiger partial charge in [0.2, 0.25) is 0 Å². The van der Waals surface area contributed by atoms with Crippen molar-refractivity contribution < 1.29 is 28.9 Å². The minimum Gasteiger partial charge on any atom is -0.507 e. The van der Waals surface area contributed by atoms with E-state index in [1.54, 1.807) is 43.5 Å². The summed E-state index contributed by atoms with van der Waals surface area (Å²) in [6.07, 6.45) is 0.657. The highest BCUT2D eigenvalue weighted by atomic mass is 16.5. The Morgan fingerprint density at radius 3 is 2.32 bits per heavy atom. The molecule has 0 aliphatic carbocycles. The van der Waals surface area contributed by atoms with Gasteiger partial charge >= 0.3 is 0 Å². The average molecular weight is 469 g/mol. The first-order valence-electron chi connectivity index (χ1n) is 11.0. The Bertz CT molecular complexity index is 1110. The molecular weight excluding hydrogens is 436 g/mol. The van der Waals surface area contributed by atoms with Gasteiger partial charge in [0.05, 0.1) is 32.9 Å². The van der Waals surface area contributed by atoms with Crippen molar-refractivity contribution >= 4 is 17.4 Å². The van der Waals surface area contributed by atoms with Gasteiger partial charge in [-0.2, -0.15) is 0 Å². The van der Waals surface area contributed by atoms with Crippen LogP contribution < -0.4 is 14.2 Å². The van der Waals surface area contributed by atoms with E-state index >= 15 is 0 Å². The third-order valence-corrected chi connectivity index (χ3v) is 5.94. The van der Waals surface area contributed by atoms with Gasteiger partial charge in [-0.05, 0) is 63.8 Å². The molecule has 0 spiro atoms. The lowest BCUT2D eigenvalue weighted by molar-refractivity contribution is -0.140. The number of benzene rings is 2. The van der Waals surface area contributed by atoms with Crippen LogP contribution in [0.4, 0.5) is 0 Å². The van der Waals surface area contributed by atoms with Crippen LogP contribution >= 0.6 is 0 Å². The van der Waals surface area contributed by atoms with Crippen molar-refractivity contribution in [1.29, 1.82) is 0 Å². The zero-order valence-corrected chi connectivity index (χ0v) is 20.5. The van der Waals surface area contributed by atoms with Crippen LogP contribution in [-0.2, 0) is 9.59 Å². The number of rotatable bonds is 9. The Kier molecular flexibility index (Phi) is 7.83. The minimum absolute atomic E-state index is 0.0194. The SMILES string of the molecule is COc1ccc(C(O)=C2C(=O)C(=O)N(CCCN(C)C)[C@H]2c2cccc(OC)c2OC)cc1C. The Balaban J connectivity index is 2.21. The van der Waals surface area contributed by atoms with E-state index in [2.05, 4.69) is 0 Å². The highest BCUT2D eigenvalue weighted by Crippen LogP contribution is 2.45. The number of aliphatic hydroxyl groups excluding tert-OH is 1. The maximum absolute atomic E-state index is 13.3. The fraction of sp³-hybridized carbons (Fsp3) is 0.385. The largest absolute Gasteiger partial charge is 0.507 e. The second-order valence-electron chi connectivity index (χ2n) is 8.42. The second kappa shape index (κ2) is 10.6. The molecule has 3 rings (SSSR count). The van der Waals surface area contributed by atoms with E-state index in [1.165, 1.54) is 19.1 Å². The standard InChI is InChI=1S/C26H32N2O6/c1-16-15-17(11-12-19(16)32-4)23(29)21-22(18-9-7-10-20(33-5)25(18)34-6)28(26(31)24(21)30)14-8-13-27(2)3/h7,9-12,15,22,29H,8,13-14H2,1-6H3/t22-/m0/s1. The van der Waals surface area contributed by atoms with E-state index in [9.17, 15) is 14.7 Å². The first-order valence-corrected chi connectivity index (χ1v) is 11.0. The first-order chi connectivity index (χ1) is 16.2. The predicted molar refractivity (Wildman–Crippen MR) is 129 cm³/mol. The lowest BCUT2D eigenvalue weighted by Gasteiger charge is -2.27. The maximum atomic E-state index is 13.3. The molecule has 0 saturated carbocycles. The summed E-state index contributed by atoms with van der Waals surface area (Å²) in [7, 11) is 8.49. The molecule has 2 aromatic rings. The number of ketones is 1. The van der Waals surface area contributed by atoms with Crippen molar-refractivity contribution in [2.75, 3.05) is 48.5 Å². The molecule has 0 aromatic heterocycles. The Morgan fingerprint density at radius 1 is 1.03 bits per heavy atom. The number of aryl methyl sites for hydroxylation is 1. The fourth-order valence-corrected chi connectivity index (χ4v) is 4.30. The summed E-state index contributed by atoms with van der Waals surface area (Å²) in [6.45, 7) is 2.92. The van der Waals surface area contributed by atoms with Crippen LogP contribution in [0.2, 0.25) is 0 Å². The number of hydrogen-bond donors (Lipinski definition) is 1. The Hall–Kier alpha value is -3.52. The molecule has 1 aliphatic rings. The minimum atomic E-state index is -0.824. The number of hydrogen-bond acceptors (Lipinski definition) is 7. The molecule has 1 saturated heterocycles. The summed E-state index contributed by atoms with van der Waals surface area (Å²) in [5.41, 5.74) is 1.81. The number of ether oxygens (including phenoxy) is 3. The van der Waals surface area contributed by atoms with Gasteiger partial charge < -0.3 is 29.1 Å². The molecular formula is C26H32N2O6. The van der Waals surface area contributed by atoms with E-state index in [0.717, 1.165) is 12.1 Å². The molecule has 0 unspecified atom stereocenters. The van der Waals surface area contributed by atoms with Gasteiger partial charge in [0.15, 0.2) is 11.5 Å². The van der Waals surface area contributed by atoms with E-state index in [1.807, 2.05) is 25.9 Å². The molecule has 1 N–H and O–H groups in total. The lowest BCUT2D eigenvalue weighted by Crippen LogP contribution is -2.32. The van der Waals surface area contributed by atoms with Crippen LogP contribution in [0, 0.1) is 6.92 Å². The van der Waals surface area contributed by atoms with E-state index < -0.39 is 17.7 Å². The molecule has 1 amide bonds. The number of amides is 1. The van der Waals surface area contributed by atoms with Crippen LogP contribution in [0.1, 0.15) is 29.2 Å². The Morgan fingerprint density at radius 2 is 1.74 bits per heavy atom. The molecule has 2 aromatic carbocycles. The molecule has 1 fully saturated rings. The number of aliphatic hydroxyl groups is 1. The van der Waals surface area contributed by atoms with Crippen LogP contribution in [-0.4, -0.2) is 75.1 Å². The zero-order chi connectivity index (χ0) is 25.0. The van der Waals surface area contributed by atoms with Gasteiger partial charge in [-0.25, -0.2) is 0 Å². The monoisotopic (exact) mass is 468 g/mol. The van der Waals surface area contributed by atoms with Gasteiger partial charge in [-0.1, -0.05) is 12.1 Å². The van der Waals surface area contributed by atoms with Gasteiger partial charge in [0.25, 0.3) is 11.7 Å². The molecule has 1 heterocycles. The van der Waals surface area contributed by atoms with Gasteiger partial charge in [0, 0.05) is 17.7 Å². The number of methoxy groups -OCH3 is 3. The lowest BCUT2D eigenvalue weighted by atomic mass is 9.94. The van der Waals surface area contributed by atoms with Crippen molar-refractivity contribution in [2.45, 2.75) is 19.4 Å². The number of nitrogens with zero attached hydrogens (tertiary/aromatic N) is 2. The quantitative estimate of drug-likeness (QED) is 0.343. The normalized spacial score (nSPS) is 17.4. The number of para-hydroxylation sites is 1. The molecule has 0 bridgehead atoms. The summed E-state index contributed by atoms with van der Waals surface area (Å²) in [5.74, 6) is -0.0858. The number of likely N-dealkylation sites (tertiary alicyclic amines) is 1. The first kappa shape index (κ1) is 25.1. The van der Waals surface area contributed by atoms with Gasteiger partial charge in [-0.15, -0.1) is 0 Å². The average Bonchev–Trinajstić information content (AvgIpc) is 3.07. The van der Waals surface area contributed by atoms with Crippen molar-refractivity contribution in [3.63, 3.8) is 0 Å². The third kappa shape index (κ3) is 4.72. The Labute approximate surface area is 200 Å². The smallest absolute Gasteiger partial charge is 0.295 e. The summed E-state index contributed by atoms with van der Waals surface area (Å²) < 4.78 is 16.4. The molecule has 8 nitrogen and oxygen atoms in total. The van der Waals surface area contributed by atoms with Crippen molar-refractivity contribution in [2.24, 2.45) is 0 Å². The van der Waals surface area contributed by atoms with E-state index in [-0.39, 0.29) is 11.3 Å². The molecule has 1 atom stereocenters. The van der Waals surface area contributed by atoms with Crippen LogP contribution in [0.15, 0.2) is 42.0 Å². The fourth-order valence-electron chi connectivity index (χ4n) is 4.30. The highest BCUT2D eigenvalue weighted by molar-refractivity contribution is 6.46. The number of carbonyl (C=O) groups is 2. The molecule has 1 aliphatic heterocycles. The number of Topliss-reactive ketones (excluding diaryl/α,β-unsaturated/α-hetero) is 1. The van der Waals surface area contributed by atoms with Crippen LogP contribution in [0.5, 0.6) is 17.2 Å². The molecule has 8 heteroatoms. The van der Waals surface area contributed by atoms with Gasteiger partial charge in [-0.3, -0.25) is 9.59 Å². The van der Waals surface area contributed by atoms with Gasteiger partial charge in [0.1, 0.15) is 11.5 Å². The topological polar surface area (TPSA) is 88.5 Å². The highest BCUT2D eigenvalue weighted by Gasteiger charge is 2.47. The molecule has 182 valence electrons. The van der Waals surface area contributed by atoms with Crippen molar-refractivity contribution in [3.8, 4) is 17.2 Å². The van der Waals surface area contributed by atoms with E-state index in [0.29, 0.717) is 41.3 Å². The summed E-state index contributed by atoms with van der Waals surface area (Å²) in [4.78, 5) is 29.9. The van der Waals surface area contributed by atoms with Crippen molar-refractivity contribution in [3.05, 3.63) is 58.7 Å². The zero-order valence-electron chi connectivity index (χ0n) is 20.5. The molecule has 34 heavy (non-hydrogen) atoms. The summed E-state index contributed by atoms with van der Waals surface area (Å²) in [5, 5.41) is 11.3. The van der Waals surface area contributed by atoms with E-state index in [4.69, 9.17) is 14.2 Å². The van der Waals surface area contributed by atoms with Crippen LogP contribution in [0.25, 0.3) is 5.76 Å². The summed E-state index contributed by atoms with van der Waals surface area (Å²) in [6, 6.07) is 9.59. The van der Waals surface area contributed by atoms with Crippen LogP contribution in [0.3, 0.4) is 0 Å². The third-order valence-electron chi connectivity index (χ3n) is 5.94. The summed E-state index contributed by atoms with van der Waals surface area (Å²) >= 11 is 0. The maximum Gasteiger partial charge on any atom is 0.295 e.